The average molecular weight is 256 g/mol. The molecule has 0 bridgehead atoms. The molecule has 3 nitrogen and oxygen atoms in total. The summed E-state index contributed by atoms with van der Waals surface area (Å²) in [5.41, 5.74) is 5.93. The maximum absolute atomic E-state index is 13.3. The predicted molar refractivity (Wildman–Crippen MR) is 66.0 cm³/mol. The molecule has 0 spiro atoms. The molecule has 1 aromatic rings. The van der Waals surface area contributed by atoms with Gasteiger partial charge in [-0.15, -0.1) is 0 Å². The first-order valence-corrected chi connectivity index (χ1v) is 5.83. The van der Waals surface area contributed by atoms with Crippen LogP contribution in [0, 0.1) is 11.6 Å². The van der Waals surface area contributed by atoms with Crippen LogP contribution in [-0.2, 0) is 11.2 Å². The summed E-state index contributed by atoms with van der Waals surface area (Å²) in [6.07, 6.45) is 0.621. The number of hydrogen-bond acceptors (Lipinski definition) is 2. The molecule has 1 amide bonds. The summed E-state index contributed by atoms with van der Waals surface area (Å²) in [7, 11) is 1.64. The smallest absolute Gasteiger partial charge is 0.223 e. The van der Waals surface area contributed by atoms with E-state index in [1.54, 1.807) is 14.0 Å². The Labute approximate surface area is 106 Å². The van der Waals surface area contributed by atoms with E-state index in [-0.39, 0.29) is 18.4 Å². The monoisotopic (exact) mass is 256 g/mol. The number of carbonyl (C=O) groups is 1. The van der Waals surface area contributed by atoms with Crippen LogP contribution in [0.3, 0.4) is 0 Å². The van der Waals surface area contributed by atoms with Crippen molar-refractivity contribution < 1.29 is 13.6 Å². The van der Waals surface area contributed by atoms with Gasteiger partial charge in [-0.1, -0.05) is 6.07 Å². The number of likely N-dealkylation sites (N-methyl/N-ethyl adjacent to an activating group) is 1. The van der Waals surface area contributed by atoms with Crippen molar-refractivity contribution in [2.45, 2.75) is 25.8 Å². The Bertz CT molecular complexity index is 421. The van der Waals surface area contributed by atoms with E-state index in [1.165, 1.54) is 17.0 Å². The molecular formula is C13H18F2N2O. The number of carbonyl (C=O) groups excluding carboxylic acids is 1. The maximum atomic E-state index is 13.3. The fourth-order valence-electron chi connectivity index (χ4n) is 1.57. The van der Waals surface area contributed by atoms with Crippen molar-refractivity contribution >= 4 is 5.91 Å². The normalized spacial score (nSPS) is 12.3. The highest BCUT2D eigenvalue weighted by Crippen LogP contribution is 2.10. The summed E-state index contributed by atoms with van der Waals surface area (Å²) in [5.74, 6) is -1.26. The van der Waals surface area contributed by atoms with Gasteiger partial charge in [-0.3, -0.25) is 4.79 Å². The van der Waals surface area contributed by atoms with Crippen LogP contribution in [0.1, 0.15) is 18.9 Å². The van der Waals surface area contributed by atoms with Crippen molar-refractivity contribution in [2.24, 2.45) is 5.73 Å². The van der Waals surface area contributed by atoms with Crippen molar-refractivity contribution in [3.05, 3.63) is 35.4 Å². The minimum absolute atomic E-state index is 0.0764. The van der Waals surface area contributed by atoms with Crippen molar-refractivity contribution in [1.29, 1.82) is 0 Å². The largest absolute Gasteiger partial charge is 0.345 e. The van der Waals surface area contributed by atoms with Crippen LogP contribution in [0.15, 0.2) is 18.2 Å². The topological polar surface area (TPSA) is 46.3 Å². The SMILES string of the molecule is CC(N)CC(=O)N(C)CCc1ccc(F)cc1F. The molecule has 1 rings (SSSR count). The Kier molecular flexibility index (Phi) is 5.22. The molecule has 0 radical (unpaired) electrons. The van der Waals surface area contributed by atoms with Gasteiger partial charge in [0.1, 0.15) is 11.6 Å². The van der Waals surface area contributed by atoms with Gasteiger partial charge < -0.3 is 10.6 Å². The molecular weight excluding hydrogens is 238 g/mol. The van der Waals surface area contributed by atoms with E-state index in [1.807, 2.05) is 0 Å². The highest BCUT2D eigenvalue weighted by atomic mass is 19.1. The zero-order valence-corrected chi connectivity index (χ0v) is 10.6. The quantitative estimate of drug-likeness (QED) is 0.871. The lowest BCUT2D eigenvalue weighted by Gasteiger charge is -2.18. The maximum Gasteiger partial charge on any atom is 0.223 e. The molecule has 0 aliphatic carbocycles. The summed E-state index contributed by atoms with van der Waals surface area (Å²) in [4.78, 5) is 13.1. The third kappa shape index (κ3) is 4.41. The van der Waals surface area contributed by atoms with Crippen LogP contribution in [0.25, 0.3) is 0 Å². The molecule has 18 heavy (non-hydrogen) atoms. The second-order valence-corrected chi connectivity index (χ2v) is 4.48. The fourth-order valence-corrected chi connectivity index (χ4v) is 1.57. The number of amides is 1. The lowest BCUT2D eigenvalue weighted by Crippen LogP contribution is -2.33. The molecule has 0 fully saturated rings. The van der Waals surface area contributed by atoms with E-state index < -0.39 is 11.6 Å². The van der Waals surface area contributed by atoms with Crippen LogP contribution < -0.4 is 5.73 Å². The van der Waals surface area contributed by atoms with E-state index in [9.17, 15) is 13.6 Å². The van der Waals surface area contributed by atoms with Crippen molar-refractivity contribution in [1.82, 2.24) is 4.90 Å². The van der Waals surface area contributed by atoms with E-state index in [0.717, 1.165) is 6.07 Å². The molecule has 0 heterocycles. The van der Waals surface area contributed by atoms with E-state index >= 15 is 0 Å². The second kappa shape index (κ2) is 6.44. The molecule has 100 valence electrons. The summed E-state index contributed by atoms with van der Waals surface area (Å²) < 4.78 is 26.0. The Balaban J connectivity index is 2.52. The molecule has 1 unspecified atom stereocenters. The van der Waals surface area contributed by atoms with Gasteiger partial charge in [0.05, 0.1) is 0 Å². The highest BCUT2D eigenvalue weighted by Gasteiger charge is 2.12. The van der Waals surface area contributed by atoms with Crippen LogP contribution in [0.2, 0.25) is 0 Å². The van der Waals surface area contributed by atoms with Crippen LogP contribution >= 0.6 is 0 Å². The standard InChI is InChI=1S/C13H18F2N2O/c1-9(16)7-13(18)17(2)6-5-10-3-4-11(14)8-12(10)15/h3-4,8-9H,5-7,16H2,1-2H3. The predicted octanol–water partition coefficient (Wildman–Crippen LogP) is 1.70. The number of rotatable bonds is 5. The fraction of sp³-hybridized carbons (Fsp3) is 0.462. The minimum atomic E-state index is -0.599. The number of nitrogens with zero attached hydrogens (tertiary/aromatic N) is 1. The van der Waals surface area contributed by atoms with Gasteiger partial charge in [0, 0.05) is 32.1 Å². The lowest BCUT2D eigenvalue weighted by molar-refractivity contribution is -0.130. The molecule has 2 N–H and O–H groups in total. The van der Waals surface area contributed by atoms with Gasteiger partial charge in [0.25, 0.3) is 0 Å². The molecule has 1 aromatic carbocycles. The average Bonchev–Trinajstić information content (AvgIpc) is 2.26. The number of halogens is 2. The first kappa shape index (κ1) is 14.6. The molecule has 5 heteroatoms. The Hall–Kier alpha value is -1.49. The Morgan fingerprint density at radius 2 is 2.11 bits per heavy atom. The summed E-state index contributed by atoms with van der Waals surface area (Å²) in [6, 6.07) is 3.26. The first-order valence-electron chi connectivity index (χ1n) is 5.83. The highest BCUT2D eigenvalue weighted by molar-refractivity contribution is 5.76. The van der Waals surface area contributed by atoms with E-state index in [4.69, 9.17) is 5.73 Å². The first-order chi connectivity index (χ1) is 8.40. The van der Waals surface area contributed by atoms with Crippen LogP contribution in [-0.4, -0.2) is 30.4 Å². The minimum Gasteiger partial charge on any atom is -0.345 e. The number of nitrogens with two attached hydrogens (primary N) is 1. The van der Waals surface area contributed by atoms with Crippen LogP contribution in [0.5, 0.6) is 0 Å². The van der Waals surface area contributed by atoms with Gasteiger partial charge >= 0.3 is 0 Å². The van der Waals surface area contributed by atoms with Gasteiger partial charge in [-0.05, 0) is 25.0 Å². The van der Waals surface area contributed by atoms with Gasteiger partial charge in [-0.2, -0.15) is 0 Å². The Morgan fingerprint density at radius 1 is 1.44 bits per heavy atom. The molecule has 0 aromatic heterocycles. The molecule has 0 aliphatic rings. The molecule has 0 aliphatic heterocycles. The Morgan fingerprint density at radius 3 is 2.67 bits per heavy atom. The lowest BCUT2D eigenvalue weighted by atomic mass is 10.1. The summed E-state index contributed by atoms with van der Waals surface area (Å²) in [6.45, 7) is 2.14. The van der Waals surface area contributed by atoms with Gasteiger partial charge in [-0.25, -0.2) is 8.78 Å². The molecule has 1 atom stereocenters. The zero-order chi connectivity index (χ0) is 13.7. The van der Waals surface area contributed by atoms with Gasteiger partial charge in [0.15, 0.2) is 0 Å². The van der Waals surface area contributed by atoms with E-state index in [0.29, 0.717) is 18.5 Å². The zero-order valence-electron chi connectivity index (χ0n) is 10.6. The van der Waals surface area contributed by atoms with E-state index in [2.05, 4.69) is 0 Å². The van der Waals surface area contributed by atoms with Crippen molar-refractivity contribution in [2.75, 3.05) is 13.6 Å². The molecule has 0 saturated heterocycles. The molecule has 0 saturated carbocycles. The summed E-state index contributed by atoms with van der Waals surface area (Å²) >= 11 is 0. The van der Waals surface area contributed by atoms with Crippen molar-refractivity contribution in [3.63, 3.8) is 0 Å². The number of hydrogen-bond donors (Lipinski definition) is 1. The second-order valence-electron chi connectivity index (χ2n) is 4.48. The number of benzene rings is 1. The summed E-state index contributed by atoms with van der Waals surface area (Å²) in [5, 5.41) is 0. The van der Waals surface area contributed by atoms with Crippen LogP contribution in [0.4, 0.5) is 8.78 Å². The third-order valence-electron chi connectivity index (χ3n) is 2.65. The van der Waals surface area contributed by atoms with Crippen molar-refractivity contribution in [3.8, 4) is 0 Å². The third-order valence-corrected chi connectivity index (χ3v) is 2.65. The van der Waals surface area contributed by atoms with Gasteiger partial charge in [0.2, 0.25) is 5.91 Å².